The van der Waals surface area contributed by atoms with Gasteiger partial charge in [-0.05, 0) is 61.5 Å². The van der Waals surface area contributed by atoms with Gasteiger partial charge in [-0.2, -0.15) is 8.42 Å². The molecule has 30 heavy (non-hydrogen) atoms. The normalized spacial score (nSPS) is 11.4. The number of fused-ring (bicyclic) bond motifs is 1. The van der Waals surface area contributed by atoms with E-state index in [0.717, 1.165) is 16.9 Å². The number of anilines is 4. The highest BCUT2D eigenvalue weighted by molar-refractivity contribution is 7.86. The van der Waals surface area contributed by atoms with Crippen molar-refractivity contribution in [3.8, 4) is 5.75 Å². The summed E-state index contributed by atoms with van der Waals surface area (Å²) in [5, 5.41) is 17.0. The fraction of sp³-hybridized carbons (Fsp3) is 0.0435. The van der Waals surface area contributed by atoms with Gasteiger partial charge in [0.2, 0.25) is 0 Å². The summed E-state index contributed by atoms with van der Waals surface area (Å²) in [6.45, 7) is 1.99. The number of phenols is 1. The van der Waals surface area contributed by atoms with E-state index >= 15 is 0 Å². The van der Waals surface area contributed by atoms with Gasteiger partial charge in [-0.3, -0.25) is 4.55 Å². The van der Waals surface area contributed by atoms with Crippen molar-refractivity contribution in [1.82, 2.24) is 0 Å². The van der Waals surface area contributed by atoms with Gasteiger partial charge in [0.25, 0.3) is 10.1 Å². The first-order chi connectivity index (χ1) is 14.3. The largest absolute Gasteiger partial charge is 0.508 e. The molecule has 0 amide bonds. The number of aromatic hydroxyl groups is 1. The number of phenolic OH excluding ortho intramolecular Hbond substituents is 1. The van der Waals surface area contributed by atoms with Crippen molar-refractivity contribution >= 4 is 43.6 Å². The van der Waals surface area contributed by atoms with E-state index in [0.29, 0.717) is 22.1 Å². The SMILES string of the molecule is Cc1ccc(Nc2ccc(Nc3ccc(O)cc3)c3cccc(S(=O)(=O)O)c23)cc1. The molecule has 0 heterocycles. The van der Waals surface area contributed by atoms with Gasteiger partial charge in [0.1, 0.15) is 10.6 Å². The lowest BCUT2D eigenvalue weighted by molar-refractivity contribution is 0.475. The minimum atomic E-state index is -4.45. The molecule has 0 spiro atoms. The number of aryl methyl sites for hydroxylation is 1. The zero-order valence-corrected chi connectivity index (χ0v) is 16.9. The Morgan fingerprint density at radius 2 is 1.30 bits per heavy atom. The second-order valence-electron chi connectivity index (χ2n) is 6.98. The molecule has 152 valence electrons. The highest BCUT2D eigenvalue weighted by atomic mass is 32.2. The number of hydrogen-bond acceptors (Lipinski definition) is 5. The van der Waals surface area contributed by atoms with E-state index in [1.54, 1.807) is 42.5 Å². The molecule has 7 heteroatoms. The van der Waals surface area contributed by atoms with Gasteiger partial charge in [-0.15, -0.1) is 0 Å². The van der Waals surface area contributed by atoms with Crippen LogP contribution < -0.4 is 10.6 Å². The van der Waals surface area contributed by atoms with Gasteiger partial charge in [-0.1, -0.05) is 29.8 Å². The molecule has 6 nitrogen and oxygen atoms in total. The van der Waals surface area contributed by atoms with Crippen molar-refractivity contribution in [3.05, 3.63) is 84.4 Å². The van der Waals surface area contributed by atoms with E-state index in [9.17, 15) is 18.1 Å². The van der Waals surface area contributed by atoms with Crippen molar-refractivity contribution in [2.24, 2.45) is 0 Å². The monoisotopic (exact) mass is 420 g/mol. The fourth-order valence-corrected chi connectivity index (χ4v) is 4.02. The third kappa shape index (κ3) is 4.07. The Morgan fingerprint density at radius 1 is 0.733 bits per heavy atom. The van der Waals surface area contributed by atoms with Crippen molar-refractivity contribution in [2.45, 2.75) is 11.8 Å². The molecule has 4 aromatic rings. The smallest absolute Gasteiger partial charge is 0.295 e. The van der Waals surface area contributed by atoms with Crippen LogP contribution >= 0.6 is 0 Å². The number of hydrogen-bond donors (Lipinski definition) is 4. The molecular formula is C23H20N2O4S. The van der Waals surface area contributed by atoms with E-state index in [-0.39, 0.29) is 10.6 Å². The van der Waals surface area contributed by atoms with Crippen LogP contribution in [0.1, 0.15) is 5.56 Å². The molecule has 0 fully saturated rings. The molecule has 0 aliphatic carbocycles. The molecule has 0 bridgehead atoms. The average molecular weight is 420 g/mol. The van der Waals surface area contributed by atoms with E-state index in [2.05, 4.69) is 10.6 Å². The first-order valence-corrected chi connectivity index (χ1v) is 10.7. The molecule has 4 aromatic carbocycles. The molecule has 0 aliphatic rings. The fourth-order valence-electron chi connectivity index (χ4n) is 3.29. The highest BCUT2D eigenvalue weighted by Gasteiger charge is 2.18. The van der Waals surface area contributed by atoms with E-state index in [4.69, 9.17) is 0 Å². The lowest BCUT2D eigenvalue weighted by Crippen LogP contribution is -2.03. The molecule has 0 atom stereocenters. The van der Waals surface area contributed by atoms with E-state index < -0.39 is 10.1 Å². The molecular weight excluding hydrogens is 400 g/mol. The van der Waals surface area contributed by atoms with E-state index in [1.165, 1.54) is 6.07 Å². The minimum absolute atomic E-state index is 0.150. The van der Waals surface area contributed by atoms with Crippen molar-refractivity contribution in [1.29, 1.82) is 0 Å². The summed E-state index contributed by atoms with van der Waals surface area (Å²) in [6, 6.07) is 22.6. The van der Waals surface area contributed by atoms with Crippen LogP contribution in [0.3, 0.4) is 0 Å². The standard InChI is InChI=1S/C23H20N2O4S/c1-15-5-7-16(8-6-15)25-21-14-13-20(24-17-9-11-18(26)12-10-17)19-3-2-4-22(23(19)21)30(27,28)29/h2-14,24-26H,1H3,(H,27,28,29). The maximum Gasteiger partial charge on any atom is 0.295 e. The lowest BCUT2D eigenvalue weighted by Gasteiger charge is -2.17. The Bertz CT molecular complexity index is 1320. The Hall–Kier alpha value is -3.55. The van der Waals surface area contributed by atoms with Crippen LogP contribution in [0, 0.1) is 6.92 Å². The van der Waals surface area contributed by atoms with Gasteiger partial charge in [-0.25, -0.2) is 0 Å². The molecule has 0 saturated carbocycles. The predicted octanol–water partition coefficient (Wildman–Crippen LogP) is 5.59. The average Bonchev–Trinajstić information content (AvgIpc) is 2.72. The topological polar surface area (TPSA) is 98.7 Å². The summed E-state index contributed by atoms with van der Waals surface area (Å²) in [5.41, 5.74) is 3.85. The van der Waals surface area contributed by atoms with Gasteiger partial charge < -0.3 is 15.7 Å². The van der Waals surface area contributed by atoms with E-state index in [1.807, 2.05) is 37.3 Å². The number of benzene rings is 4. The summed E-state index contributed by atoms with van der Waals surface area (Å²) in [5.74, 6) is 0.150. The summed E-state index contributed by atoms with van der Waals surface area (Å²) in [4.78, 5) is -0.177. The van der Waals surface area contributed by atoms with Crippen LogP contribution in [0.5, 0.6) is 5.75 Å². The zero-order chi connectivity index (χ0) is 21.3. The van der Waals surface area contributed by atoms with Crippen LogP contribution in [-0.2, 0) is 10.1 Å². The van der Waals surface area contributed by atoms with Crippen LogP contribution in [0.4, 0.5) is 22.7 Å². The van der Waals surface area contributed by atoms with Crippen LogP contribution in [-0.4, -0.2) is 18.1 Å². The predicted molar refractivity (Wildman–Crippen MR) is 120 cm³/mol. The van der Waals surface area contributed by atoms with Crippen LogP contribution in [0.2, 0.25) is 0 Å². The van der Waals surface area contributed by atoms with Crippen LogP contribution in [0.15, 0.2) is 83.8 Å². The molecule has 0 aliphatic heterocycles. The van der Waals surface area contributed by atoms with Gasteiger partial charge in [0.15, 0.2) is 0 Å². The Balaban J connectivity index is 1.87. The first kappa shape index (κ1) is 19.8. The highest BCUT2D eigenvalue weighted by Crippen LogP contribution is 2.37. The molecule has 0 saturated heterocycles. The third-order valence-corrected chi connectivity index (χ3v) is 5.65. The second kappa shape index (κ2) is 7.70. The van der Waals surface area contributed by atoms with Gasteiger partial charge in [0.05, 0.1) is 0 Å². The minimum Gasteiger partial charge on any atom is -0.508 e. The van der Waals surface area contributed by atoms with Gasteiger partial charge in [0, 0.05) is 33.5 Å². The number of rotatable bonds is 5. The molecule has 0 unspecified atom stereocenters. The molecule has 0 aromatic heterocycles. The second-order valence-corrected chi connectivity index (χ2v) is 8.37. The van der Waals surface area contributed by atoms with Crippen molar-refractivity contribution < 1.29 is 18.1 Å². The first-order valence-electron chi connectivity index (χ1n) is 9.24. The molecule has 4 N–H and O–H groups in total. The number of nitrogens with one attached hydrogen (secondary N) is 2. The van der Waals surface area contributed by atoms with Crippen molar-refractivity contribution in [3.63, 3.8) is 0 Å². The zero-order valence-electron chi connectivity index (χ0n) is 16.1. The Morgan fingerprint density at radius 3 is 1.93 bits per heavy atom. The van der Waals surface area contributed by atoms with Gasteiger partial charge >= 0.3 is 0 Å². The van der Waals surface area contributed by atoms with Crippen molar-refractivity contribution in [2.75, 3.05) is 10.6 Å². The summed E-state index contributed by atoms with van der Waals surface area (Å²) >= 11 is 0. The van der Waals surface area contributed by atoms with Crippen LogP contribution in [0.25, 0.3) is 10.8 Å². The quantitative estimate of drug-likeness (QED) is 0.248. The molecule has 4 rings (SSSR count). The summed E-state index contributed by atoms with van der Waals surface area (Å²) < 4.78 is 34.0. The maximum absolute atomic E-state index is 12.1. The Labute approximate surface area is 174 Å². The maximum atomic E-state index is 12.1. The molecule has 0 radical (unpaired) electrons. The third-order valence-electron chi connectivity index (χ3n) is 4.76. The summed E-state index contributed by atoms with van der Waals surface area (Å²) in [7, 11) is -4.45. The summed E-state index contributed by atoms with van der Waals surface area (Å²) in [6.07, 6.45) is 0. The lowest BCUT2D eigenvalue weighted by atomic mass is 10.1. The Kier molecular flexibility index (Phi) is 5.07.